The van der Waals surface area contributed by atoms with Crippen molar-refractivity contribution in [3.05, 3.63) is 59.9 Å². The molecule has 26 heavy (non-hydrogen) atoms. The predicted molar refractivity (Wildman–Crippen MR) is 94.4 cm³/mol. The largest absolute Gasteiger partial charge is 0.394 e. The summed E-state index contributed by atoms with van der Waals surface area (Å²) in [7, 11) is 0. The molecule has 0 aromatic heterocycles. The van der Waals surface area contributed by atoms with Crippen molar-refractivity contribution in [3.63, 3.8) is 0 Å². The number of nitrogens with zero attached hydrogens (tertiary/aromatic N) is 2. The fourth-order valence-corrected chi connectivity index (χ4v) is 3.94. The van der Waals surface area contributed by atoms with E-state index in [-0.39, 0.29) is 30.2 Å². The quantitative estimate of drug-likeness (QED) is 0.922. The maximum atomic E-state index is 14.3. The zero-order valence-electron chi connectivity index (χ0n) is 14.2. The Balaban J connectivity index is 1.75. The molecule has 0 radical (unpaired) electrons. The van der Waals surface area contributed by atoms with Crippen molar-refractivity contribution in [2.24, 2.45) is 5.92 Å². The van der Waals surface area contributed by atoms with Crippen LogP contribution in [0, 0.1) is 23.1 Å². The van der Waals surface area contributed by atoms with Gasteiger partial charge >= 0.3 is 0 Å². The lowest BCUT2D eigenvalue weighted by molar-refractivity contribution is -0.148. The third-order valence-electron chi connectivity index (χ3n) is 5.40. The first kappa shape index (κ1) is 16.7. The van der Waals surface area contributed by atoms with E-state index in [0.29, 0.717) is 11.1 Å². The number of carbonyl (C=O) groups excluding carboxylic acids is 1. The average molecular weight is 350 g/mol. The van der Waals surface area contributed by atoms with Crippen LogP contribution in [0.1, 0.15) is 24.3 Å². The molecule has 4 rings (SSSR count). The summed E-state index contributed by atoms with van der Waals surface area (Å²) in [6.45, 7) is -0.215. The molecule has 1 N–H and O–H groups in total. The minimum atomic E-state index is -0.631. The van der Waals surface area contributed by atoms with E-state index >= 15 is 0 Å². The third kappa shape index (κ3) is 2.58. The molecule has 2 aliphatic rings. The summed E-state index contributed by atoms with van der Waals surface area (Å²) in [5, 5.41) is 19.6. The number of halogens is 1. The standard InChI is InChI=1S/C21H19FN2O2/c22-17-8-4-3-6-15(17)14-5-1-2-7-16(14)20-18(11-23)24(19(20)12-25)21(26)13-9-10-13/h1-8,13,18-20,25H,9-10,12H2/t18-,19-,20-/m0/s1. The maximum absolute atomic E-state index is 14.3. The molecule has 1 aliphatic heterocycles. The van der Waals surface area contributed by atoms with Crippen LogP contribution in [0.4, 0.5) is 4.39 Å². The molecule has 3 atom stereocenters. The summed E-state index contributed by atoms with van der Waals surface area (Å²) in [5.74, 6) is -0.722. The van der Waals surface area contributed by atoms with E-state index in [2.05, 4.69) is 6.07 Å². The predicted octanol–water partition coefficient (Wildman–Crippen LogP) is 3.08. The highest BCUT2D eigenvalue weighted by Gasteiger charge is 2.54. The van der Waals surface area contributed by atoms with Crippen molar-refractivity contribution in [2.45, 2.75) is 30.8 Å². The van der Waals surface area contributed by atoms with E-state index in [1.165, 1.54) is 11.0 Å². The molecule has 1 heterocycles. The maximum Gasteiger partial charge on any atom is 0.227 e. The number of benzene rings is 2. The van der Waals surface area contributed by atoms with Crippen molar-refractivity contribution >= 4 is 5.91 Å². The summed E-state index contributed by atoms with van der Waals surface area (Å²) in [6.07, 6.45) is 1.70. The molecule has 4 nitrogen and oxygen atoms in total. The minimum Gasteiger partial charge on any atom is -0.394 e. The lowest BCUT2D eigenvalue weighted by Gasteiger charge is -2.52. The molecular formula is C21H19FN2O2. The Kier molecular flexibility index (Phi) is 4.21. The molecule has 1 aliphatic carbocycles. The highest BCUT2D eigenvalue weighted by Crippen LogP contribution is 2.46. The summed E-state index contributed by atoms with van der Waals surface area (Å²) in [5.41, 5.74) is 1.96. The molecule has 1 amide bonds. The Morgan fingerprint density at radius 2 is 1.81 bits per heavy atom. The van der Waals surface area contributed by atoms with E-state index in [0.717, 1.165) is 18.4 Å². The fourth-order valence-electron chi connectivity index (χ4n) is 3.94. The van der Waals surface area contributed by atoms with Crippen LogP contribution in [0.2, 0.25) is 0 Å². The van der Waals surface area contributed by atoms with Gasteiger partial charge in [-0.25, -0.2) is 4.39 Å². The monoisotopic (exact) mass is 350 g/mol. The van der Waals surface area contributed by atoms with Gasteiger partial charge in [0.05, 0.1) is 18.7 Å². The van der Waals surface area contributed by atoms with Gasteiger partial charge in [0.25, 0.3) is 0 Å². The van der Waals surface area contributed by atoms with Gasteiger partial charge in [-0.05, 0) is 30.0 Å². The first-order valence-corrected chi connectivity index (χ1v) is 8.84. The second-order valence-corrected chi connectivity index (χ2v) is 6.94. The summed E-state index contributed by atoms with van der Waals surface area (Å²) < 4.78 is 14.3. The van der Waals surface area contributed by atoms with Gasteiger partial charge in [0.15, 0.2) is 0 Å². The molecule has 0 unspecified atom stereocenters. The van der Waals surface area contributed by atoms with Gasteiger partial charge in [0.2, 0.25) is 5.91 Å². The van der Waals surface area contributed by atoms with Gasteiger partial charge < -0.3 is 10.0 Å². The van der Waals surface area contributed by atoms with Crippen LogP contribution < -0.4 is 0 Å². The van der Waals surface area contributed by atoms with Crippen molar-refractivity contribution in [1.82, 2.24) is 4.90 Å². The van der Waals surface area contributed by atoms with Crippen LogP contribution in [0.15, 0.2) is 48.5 Å². The van der Waals surface area contributed by atoms with Crippen LogP contribution in [0.25, 0.3) is 11.1 Å². The van der Waals surface area contributed by atoms with E-state index < -0.39 is 12.1 Å². The smallest absolute Gasteiger partial charge is 0.227 e. The lowest BCUT2D eigenvalue weighted by atomic mass is 9.73. The van der Waals surface area contributed by atoms with Crippen molar-refractivity contribution < 1.29 is 14.3 Å². The van der Waals surface area contributed by atoms with Gasteiger partial charge in [0.1, 0.15) is 11.9 Å². The molecule has 0 spiro atoms. The summed E-state index contributed by atoms with van der Waals surface area (Å²) in [6, 6.07) is 15.0. The highest BCUT2D eigenvalue weighted by molar-refractivity contribution is 5.84. The molecule has 0 bridgehead atoms. The molecule has 2 aromatic carbocycles. The normalized spacial score (nSPS) is 24.7. The number of likely N-dealkylation sites (tertiary alicyclic amines) is 1. The number of nitriles is 1. The number of hydrogen-bond acceptors (Lipinski definition) is 3. The van der Waals surface area contributed by atoms with E-state index in [1.54, 1.807) is 18.2 Å². The Hall–Kier alpha value is -2.71. The summed E-state index contributed by atoms with van der Waals surface area (Å²) in [4.78, 5) is 14.0. The number of aliphatic hydroxyl groups is 1. The third-order valence-corrected chi connectivity index (χ3v) is 5.40. The number of rotatable bonds is 4. The van der Waals surface area contributed by atoms with Crippen LogP contribution in [0.3, 0.4) is 0 Å². The average Bonchev–Trinajstić information content (AvgIpc) is 3.48. The van der Waals surface area contributed by atoms with Gasteiger partial charge in [-0.1, -0.05) is 42.5 Å². The van der Waals surface area contributed by atoms with E-state index in [4.69, 9.17) is 0 Å². The van der Waals surface area contributed by atoms with E-state index in [9.17, 15) is 19.6 Å². The second kappa shape index (κ2) is 6.54. The van der Waals surface area contributed by atoms with Crippen molar-refractivity contribution in [1.29, 1.82) is 5.26 Å². The number of aliphatic hydroxyl groups excluding tert-OH is 1. The molecule has 2 fully saturated rings. The highest BCUT2D eigenvalue weighted by atomic mass is 19.1. The molecule has 132 valence electrons. The molecule has 5 heteroatoms. The summed E-state index contributed by atoms with van der Waals surface area (Å²) >= 11 is 0. The van der Waals surface area contributed by atoms with Crippen LogP contribution in [0.5, 0.6) is 0 Å². The fraction of sp³-hybridized carbons (Fsp3) is 0.333. The minimum absolute atomic E-state index is 0.0114. The Bertz CT molecular complexity index is 888. The van der Waals surface area contributed by atoms with Gasteiger partial charge in [0, 0.05) is 17.4 Å². The van der Waals surface area contributed by atoms with Gasteiger partial charge in [-0.15, -0.1) is 0 Å². The Morgan fingerprint density at radius 3 is 2.42 bits per heavy atom. The SMILES string of the molecule is N#C[C@H]1[C@H](c2ccccc2-c2ccccc2F)[C@H](CO)N1C(=O)C1CC1. The number of hydrogen-bond donors (Lipinski definition) is 1. The first-order valence-electron chi connectivity index (χ1n) is 8.84. The van der Waals surface area contributed by atoms with Gasteiger partial charge in [-0.3, -0.25) is 4.79 Å². The Morgan fingerprint density at radius 1 is 1.15 bits per heavy atom. The molecule has 1 saturated carbocycles. The zero-order valence-corrected chi connectivity index (χ0v) is 14.2. The van der Waals surface area contributed by atoms with Crippen molar-refractivity contribution in [2.75, 3.05) is 6.61 Å². The number of carbonyl (C=O) groups is 1. The zero-order chi connectivity index (χ0) is 18.3. The van der Waals surface area contributed by atoms with Gasteiger partial charge in [-0.2, -0.15) is 5.26 Å². The molecule has 1 saturated heterocycles. The van der Waals surface area contributed by atoms with Crippen LogP contribution in [-0.2, 0) is 4.79 Å². The van der Waals surface area contributed by atoms with E-state index in [1.807, 2.05) is 24.3 Å². The first-order chi connectivity index (χ1) is 12.7. The molecule has 2 aromatic rings. The Labute approximate surface area is 151 Å². The van der Waals surface area contributed by atoms with Crippen LogP contribution >= 0.6 is 0 Å². The van der Waals surface area contributed by atoms with Crippen LogP contribution in [-0.4, -0.2) is 34.6 Å². The lowest BCUT2D eigenvalue weighted by Crippen LogP contribution is -2.65. The number of amides is 1. The topological polar surface area (TPSA) is 64.3 Å². The van der Waals surface area contributed by atoms with Crippen molar-refractivity contribution in [3.8, 4) is 17.2 Å². The molecular weight excluding hydrogens is 331 g/mol. The second-order valence-electron chi connectivity index (χ2n) is 6.94.